The fourth-order valence-electron chi connectivity index (χ4n) is 7.61. The van der Waals surface area contributed by atoms with Gasteiger partial charge in [0.25, 0.3) is 0 Å². The molecule has 4 aromatic rings. The Balaban J connectivity index is 1.87. The molecule has 4 aromatic carbocycles. The third-order valence-electron chi connectivity index (χ3n) is 9.80. The van der Waals surface area contributed by atoms with Crippen molar-refractivity contribution in [2.24, 2.45) is 0 Å². The predicted octanol–water partition coefficient (Wildman–Crippen LogP) is 8.94. The number of rotatable bonds is 22. The summed E-state index contributed by atoms with van der Waals surface area (Å²) in [6, 6.07) is 21.8. The van der Waals surface area contributed by atoms with E-state index in [-0.39, 0.29) is 0 Å². The molecule has 286 valence electrons. The fraction of sp³-hybridized carbons (Fsp3) is 0.467. The standard InChI is InChI=1S/C45H58O8/c1-9-46-21-25-50-39-29-31(5)41(43(33(39)7)52-27-23-48-11-3)45(37-19-15-13-17-35(37)36-18-14-16-20-38(36)45)42-32(6)30-40(51-26-22-47-10-2)34(8)44(42)53-28-24-49-12-4/h13-20,29-30H,9-12,21-28H2,1-8H3. The lowest BCUT2D eigenvalue weighted by Crippen LogP contribution is -2.33. The van der Waals surface area contributed by atoms with Crippen LogP contribution in [-0.4, -0.2) is 79.3 Å². The Hall–Kier alpha value is -4.08. The first-order chi connectivity index (χ1) is 25.9. The van der Waals surface area contributed by atoms with E-state index in [0.717, 1.165) is 67.5 Å². The second kappa shape index (κ2) is 19.3. The molecule has 0 saturated carbocycles. The number of hydrogen-bond acceptors (Lipinski definition) is 8. The molecule has 0 aliphatic heterocycles. The van der Waals surface area contributed by atoms with E-state index in [9.17, 15) is 0 Å². The molecule has 1 aliphatic carbocycles. The lowest BCUT2D eigenvalue weighted by Gasteiger charge is -2.39. The van der Waals surface area contributed by atoms with Gasteiger partial charge in [0.1, 0.15) is 49.4 Å². The van der Waals surface area contributed by atoms with Crippen LogP contribution >= 0.6 is 0 Å². The zero-order valence-corrected chi connectivity index (χ0v) is 33.0. The van der Waals surface area contributed by atoms with Crippen LogP contribution in [0.5, 0.6) is 23.0 Å². The first kappa shape index (κ1) is 40.1. The molecule has 0 amide bonds. The van der Waals surface area contributed by atoms with Crippen molar-refractivity contribution in [3.63, 3.8) is 0 Å². The van der Waals surface area contributed by atoms with E-state index < -0.39 is 5.41 Å². The maximum Gasteiger partial charge on any atom is 0.131 e. The van der Waals surface area contributed by atoms with Crippen LogP contribution < -0.4 is 18.9 Å². The largest absolute Gasteiger partial charge is 0.491 e. The molecule has 5 rings (SSSR count). The van der Waals surface area contributed by atoms with Gasteiger partial charge in [0.05, 0.1) is 31.8 Å². The average Bonchev–Trinajstić information content (AvgIpc) is 3.45. The molecule has 0 unspecified atom stereocenters. The summed E-state index contributed by atoms with van der Waals surface area (Å²) in [6.07, 6.45) is 0. The van der Waals surface area contributed by atoms with Crippen molar-refractivity contribution in [2.45, 2.75) is 60.8 Å². The quantitative estimate of drug-likeness (QED) is 0.0655. The molecule has 0 bridgehead atoms. The van der Waals surface area contributed by atoms with Gasteiger partial charge in [-0.05, 0) is 101 Å². The van der Waals surface area contributed by atoms with E-state index in [0.29, 0.717) is 79.3 Å². The van der Waals surface area contributed by atoms with E-state index in [1.54, 1.807) is 0 Å². The topological polar surface area (TPSA) is 73.8 Å². The number of aryl methyl sites for hydroxylation is 2. The summed E-state index contributed by atoms with van der Waals surface area (Å²) in [5.74, 6) is 3.09. The Morgan fingerprint density at radius 1 is 0.434 bits per heavy atom. The SMILES string of the molecule is CCOCCOc1cc(C)c(C2(c3c(C)cc(OCCOCC)c(C)c3OCCOCC)c3ccccc3-c3ccccc32)c(OCCOCC)c1C. The zero-order valence-electron chi connectivity index (χ0n) is 33.0. The van der Waals surface area contributed by atoms with Crippen molar-refractivity contribution in [2.75, 3.05) is 79.3 Å². The van der Waals surface area contributed by atoms with Crippen LogP contribution in [0.4, 0.5) is 0 Å². The smallest absolute Gasteiger partial charge is 0.131 e. The Morgan fingerprint density at radius 2 is 0.774 bits per heavy atom. The van der Waals surface area contributed by atoms with Gasteiger partial charge >= 0.3 is 0 Å². The molecule has 0 heterocycles. The highest BCUT2D eigenvalue weighted by molar-refractivity contribution is 5.89. The maximum absolute atomic E-state index is 6.90. The summed E-state index contributed by atoms with van der Waals surface area (Å²) < 4.78 is 49.4. The van der Waals surface area contributed by atoms with Crippen molar-refractivity contribution >= 4 is 0 Å². The van der Waals surface area contributed by atoms with Crippen molar-refractivity contribution in [1.82, 2.24) is 0 Å². The van der Waals surface area contributed by atoms with Gasteiger partial charge in [-0.25, -0.2) is 0 Å². The van der Waals surface area contributed by atoms with Crippen molar-refractivity contribution in [1.29, 1.82) is 0 Å². The molecule has 53 heavy (non-hydrogen) atoms. The van der Waals surface area contributed by atoms with E-state index in [2.05, 4.69) is 88.4 Å². The summed E-state index contributed by atoms with van der Waals surface area (Å²) in [4.78, 5) is 0. The first-order valence-electron chi connectivity index (χ1n) is 19.2. The number of fused-ring (bicyclic) bond motifs is 3. The third kappa shape index (κ3) is 8.36. The Bertz CT molecular complexity index is 1670. The van der Waals surface area contributed by atoms with Crippen LogP contribution in [0.2, 0.25) is 0 Å². The van der Waals surface area contributed by atoms with Crippen molar-refractivity contribution in [3.05, 3.63) is 105 Å². The van der Waals surface area contributed by atoms with E-state index in [4.69, 9.17) is 37.9 Å². The molecular weight excluding hydrogens is 668 g/mol. The van der Waals surface area contributed by atoms with Crippen LogP contribution in [-0.2, 0) is 24.4 Å². The van der Waals surface area contributed by atoms with Gasteiger partial charge in [-0.1, -0.05) is 48.5 Å². The Kier molecular flexibility index (Phi) is 14.6. The molecule has 0 N–H and O–H groups in total. The first-order valence-corrected chi connectivity index (χ1v) is 19.2. The summed E-state index contributed by atoms with van der Waals surface area (Å²) in [5, 5.41) is 0. The molecule has 0 radical (unpaired) electrons. The van der Waals surface area contributed by atoms with E-state index >= 15 is 0 Å². The van der Waals surface area contributed by atoms with Crippen LogP contribution in [0.3, 0.4) is 0 Å². The second-order valence-corrected chi connectivity index (χ2v) is 13.1. The summed E-state index contributed by atoms with van der Waals surface area (Å²) in [6.45, 7) is 22.5. The molecule has 0 saturated heterocycles. The highest BCUT2D eigenvalue weighted by Crippen LogP contribution is 2.62. The van der Waals surface area contributed by atoms with Crippen LogP contribution in [0.15, 0.2) is 60.7 Å². The number of ether oxygens (including phenoxy) is 8. The highest BCUT2D eigenvalue weighted by Gasteiger charge is 2.51. The summed E-state index contributed by atoms with van der Waals surface area (Å²) >= 11 is 0. The molecule has 0 fully saturated rings. The Morgan fingerprint density at radius 3 is 1.13 bits per heavy atom. The normalized spacial score (nSPS) is 12.8. The lowest BCUT2D eigenvalue weighted by molar-refractivity contribution is 0.106. The minimum Gasteiger partial charge on any atom is -0.491 e. The summed E-state index contributed by atoms with van der Waals surface area (Å²) in [5.41, 5.74) is 9.82. The van der Waals surface area contributed by atoms with Gasteiger partial charge in [-0.15, -0.1) is 0 Å². The minimum atomic E-state index is -0.841. The Labute approximate surface area is 316 Å². The van der Waals surface area contributed by atoms with Crippen molar-refractivity contribution in [3.8, 4) is 34.1 Å². The van der Waals surface area contributed by atoms with Gasteiger partial charge < -0.3 is 37.9 Å². The molecule has 0 atom stereocenters. The van der Waals surface area contributed by atoms with Gasteiger partial charge in [-0.2, -0.15) is 0 Å². The monoisotopic (exact) mass is 726 g/mol. The van der Waals surface area contributed by atoms with Gasteiger partial charge in [0.2, 0.25) is 0 Å². The minimum absolute atomic E-state index is 0.380. The zero-order chi connectivity index (χ0) is 37.8. The molecule has 0 spiro atoms. The molecule has 8 nitrogen and oxygen atoms in total. The number of benzene rings is 4. The van der Waals surface area contributed by atoms with Crippen LogP contribution in [0, 0.1) is 27.7 Å². The highest BCUT2D eigenvalue weighted by atomic mass is 16.5. The van der Waals surface area contributed by atoms with Crippen molar-refractivity contribution < 1.29 is 37.9 Å². The third-order valence-corrected chi connectivity index (χ3v) is 9.80. The number of hydrogen-bond donors (Lipinski definition) is 0. The predicted molar refractivity (Wildman–Crippen MR) is 211 cm³/mol. The van der Waals surface area contributed by atoms with Crippen LogP contribution in [0.25, 0.3) is 11.1 Å². The molecule has 0 aromatic heterocycles. The molecular formula is C45H58O8. The maximum atomic E-state index is 6.90. The summed E-state index contributed by atoms with van der Waals surface area (Å²) in [7, 11) is 0. The lowest BCUT2D eigenvalue weighted by atomic mass is 9.64. The van der Waals surface area contributed by atoms with Gasteiger partial charge in [-0.3, -0.25) is 0 Å². The van der Waals surface area contributed by atoms with Gasteiger partial charge in [0.15, 0.2) is 0 Å². The van der Waals surface area contributed by atoms with Gasteiger partial charge in [0, 0.05) is 48.7 Å². The van der Waals surface area contributed by atoms with Crippen LogP contribution in [0.1, 0.15) is 72.2 Å². The van der Waals surface area contributed by atoms with E-state index in [1.807, 2.05) is 27.7 Å². The molecule has 8 heteroatoms. The van der Waals surface area contributed by atoms with E-state index in [1.165, 1.54) is 11.1 Å². The second-order valence-electron chi connectivity index (χ2n) is 13.1. The molecule has 1 aliphatic rings. The average molecular weight is 727 g/mol. The fourth-order valence-corrected chi connectivity index (χ4v) is 7.61.